The van der Waals surface area contributed by atoms with Gasteiger partial charge in [-0.15, -0.1) is 0 Å². The Kier molecular flexibility index (Phi) is 8.04. The summed E-state index contributed by atoms with van der Waals surface area (Å²) in [6.45, 7) is 3.35. The Bertz CT molecular complexity index is 875. The Morgan fingerprint density at radius 1 is 1.07 bits per heavy atom. The molecule has 0 aliphatic heterocycles. The van der Waals surface area contributed by atoms with E-state index >= 15 is 0 Å². The summed E-state index contributed by atoms with van der Waals surface area (Å²) in [6.07, 6.45) is -0.428. The molecule has 0 saturated heterocycles. The van der Waals surface area contributed by atoms with Crippen molar-refractivity contribution < 1.29 is 14.3 Å². The summed E-state index contributed by atoms with van der Waals surface area (Å²) in [5, 5.41) is 9.09. The van der Waals surface area contributed by atoms with E-state index in [9.17, 15) is 9.59 Å². The van der Waals surface area contributed by atoms with Gasteiger partial charge in [-0.25, -0.2) is 0 Å². The maximum absolute atomic E-state index is 12.3. The predicted molar refractivity (Wildman–Crippen MR) is 116 cm³/mol. The molecule has 0 radical (unpaired) electrons. The van der Waals surface area contributed by atoms with Gasteiger partial charge in [0.1, 0.15) is 5.75 Å². The number of halogens is 2. The van der Waals surface area contributed by atoms with Crippen molar-refractivity contribution in [2.75, 3.05) is 10.6 Å². The summed E-state index contributed by atoms with van der Waals surface area (Å²) in [5.41, 5.74) is 1.34. The molecule has 3 N–H and O–H groups in total. The van der Waals surface area contributed by atoms with Crippen molar-refractivity contribution in [1.82, 2.24) is 5.32 Å². The maximum atomic E-state index is 12.3. The smallest absolute Gasteiger partial charge is 0.266 e. The van der Waals surface area contributed by atoms with Crippen LogP contribution in [0.15, 0.2) is 42.5 Å². The number of amides is 2. The number of carbonyl (C=O) groups excluding carboxylic acids is 2. The molecule has 0 spiro atoms. The van der Waals surface area contributed by atoms with Crippen molar-refractivity contribution >= 4 is 63.7 Å². The molecule has 9 heteroatoms. The zero-order valence-electron chi connectivity index (χ0n) is 15.2. The average molecular weight is 440 g/mol. The van der Waals surface area contributed by atoms with Crippen LogP contribution in [0.3, 0.4) is 0 Å². The second kappa shape index (κ2) is 10.3. The number of hydrogen-bond donors (Lipinski definition) is 3. The number of benzene rings is 2. The van der Waals surface area contributed by atoms with Crippen LogP contribution in [-0.2, 0) is 9.59 Å². The lowest BCUT2D eigenvalue weighted by molar-refractivity contribution is -0.125. The summed E-state index contributed by atoms with van der Waals surface area (Å²) < 4.78 is 5.55. The first-order valence-corrected chi connectivity index (χ1v) is 9.58. The molecule has 148 valence electrons. The molecule has 1 atom stereocenters. The quantitative estimate of drug-likeness (QED) is 0.572. The Labute approximate surface area is 178 Å². The zero-order valence-corrected chi connectivity index (χ0v) is 17.5. The van der Waals surface area contributed by atoms with Gasteiger partial charge in [0.25, 0.3) is 5.91 Å². The molecule has 0 heterocycles. The zero-order chi connectivity index (χ0) is 20.7. The maximum Gasteiger partial charge on any atom is 0.266 e. The van der Waals surface area contributed by atoms with E-state index in [1.807, 2.05) is 0 Å². The Balaban J connectivity index is 1.87. The number of carbonyl (C=O) groups is 2. The molecule has 0 saturated carbocycles. The van der Waals surface area contributed by atoms with Crippen molar-refractivity contribution in [2.24, 2.45) is 0 Å². The number of ether oxygens (including phenoxy) is 1. The molecule has 0 bridgehead atoms. The van der Waals surface area contributed by atoms with Crippen LogP contribution in [0.4, 0.5) is 11.4 Å². The number of hydrogen-bond acceptors (Lipinski definition) is 4. The summed E-state index contributed by atoms with van der Waals surface area (Å²) in [6, 6.07) is 11.7. The molecule has 2 amide bonds. The van der Waals surface area contributed by atoms with Crippen LogP contribution in [0.2, 0.25) is 10.0 Å². The molecule has 1 unspecified atom stereocenters. The van der Waals surface area contributed by atoms with Gasteiger partial charge in [-0.1, -0.05) is 30.1 Å². The van der Waals surface area contributed by atoms with Crippen LogP contribution in [0, 0.1) is 0 Å². The van der Waals surface area contributed by atoms with Crippen molar-refractivity contribution in [3.05, 3.63) is 52.5 Å². The van der Waals surface area contributed by atoms with E-state index in [2.05, 4.69) is 16.0 Å². The van der Waals surface area contributed by atoms with Gasteiger partial charge in [0.2, 0.25) is 5.91 Å². The van der Waals surface area contributed by atoms with Gasteiger partial charge in [-0.3, -0.25) is 14.9 Å². The number of thiocarbonyl (C=S) groups is 1. The first kappa shape index (κ1) is 21.9. The van der Waals surface area contributed by atoms with E-state index in [1.165, 1.54) is 6.07 Å². The third kappa shape index (κ3) is 6.67. The van der Waals surface area contributed by atoms with Crippen molar-refractivity contribution in [3.63, 3.8) is 0 Å². The molecule has 28 heavy (non-hydrogen) atoms. The van der Waals surface area contributed by atoms with E-state index in [0.717, 1.165) is 0 Å². The minimum Gasteiger partial charge on any atom is -0.479 e. The standard InChI is InChI=1S/C19H19Cl2N3O3S/c1-3-17(25)22-13-5-7-14(8-6-13)23-19(28)24-18(26)11(2)27-16-9-4-12(20)10-15(16)21/h4-11H,3H2,1-2H3,(H,22,25)(H2,23,24,26,28). The molecule has 2 aromatic rings. The van der Waals surface area contributed by atoms with E-state index in [1.54, 1.807) is 50.2 Å². The molecule has 0 aliphatic carbocycles. The normalized spacial score (nSPS) is 11.3. The first-order chi connectivity index (χ1) is 13.3. The van der Waals surface area contributed by atoms with E-state index in [4.69, 9.17) is 40.2 Å². The number of rotatable bonds is 6. The fraction of sp³-hybridized carbons (Fsp3) is 0.211. The van der Waals surface area contributed by atoms with Gasteiger partial charge in [0, 0.05) is 22.8 Å². The minimum absolute atomic E-state index is 0.0710. The van der Waals surface area contributed by atoms with Gasteiger partial charge in [0.05, 0.1) is 5.02 Å². The van der Waals surface area contributed by atoms with Crippen LogP contribution in [0.5, 0.6) is 5.75 Å². The van der Waals surface area contributed by atoms with Gasteiger partial charge >= 0.3 is 0 Å². The largest absolute Gasteiger partial charge is 0.479 e. The predicted octanol–water partition coefficient (Wildman–Crippen LogP) is 4.62. The highest BCUT2D eigenvalue weighted by Crippen LogP contribution is 2.28. The summed E-state index contributed by atoms with van der Waals surface area (Å²) in [7, 11) is 0. The molecule has 0 aliphatic rings. The van der Waals surface area contributed by atoms with Crippen molar-refractivity contribution in [3.8, 4) is 5.75 Å². The van der Waals surface area contributed by atoms with Crippen LogP contribution in [0.1, 0.15) is 20.3 Å². The van der Waals surface area contributed by atoms with Gasteiger partial charge in [-0.2, -0.15) is 0 Å². The lowest BCUT2D eigenvalue weighted by Gasteiger charge is -2.16. The second-order valence-corrected chi connectivity index (χ2v) is 7.01. The Hall–Kier alpha value is -2.35. The lowest BCUT2D eigenvalue weighted by Crippen LogP contribution is -2.42. The second-order valence-electron chi connectivity index (χ2n) is 5.76. The molecule has 6 nitrogen and oxygen atoms in total. The summed E-state index contributed by atoms with van der Waals surface area (Å²) in [4.78, 5) is 23.6. The van der Waals surface area contributed by atoms with Crippen LogP contribution in [-0.4, -0.2) is 23.0 Å². The highest BCUT2D eigenvalue weighted by Gasteiger charge is 2.17. The number of anilines is 2. The molecule has 0 aromatic heterocycles. The van der Waals surface area contributed by atoms with Gasteiger partial charge < -0.3 is 15.4 Å². The number of nitrogens with one attached hydrogen (secondary N) is 3. The Morgan fingerprint density at radius 2 is 1.68 bits per heavy atom. The fourth-order valence-corrected chi connectivity index (χ4v) is 2.75. The van der Waals surface area contributed by atoms with Gasteiger partial charge in [-0.05, 0) is 61.6 Å². The monoisotopic (exact) mass is 439 g/mol. The van der Waals surface area contributed by atoms with Crippen molar-refractivity contribution in [2.45, 2.75) is 26.4 Å². The highest BCUT2D eigenvalue weighted by atomic mass is 35.5. The average Bonchev–Trinajstić information content (AvgIpc) is 2.65. The lowest BCUT2D eigenvalue weighted by atomic mass is 10.2. The third-order valence-electron chi connectivity index (χ3n) is 3.55. The van der Waals surface area contributed by atoms with E-state index in [0.29, 0.717) is 33.6 Å². The van der Waals surface area contributed by atoms with E-state index < -0.39 is 12.0 Å². The van der Waals surface area contributed by atoms with Crippen molar-refractivity contribution in [1.29, 1.82) is 0 Å². The SMILES string of the molecule is CCC(=O)Nc1ccc(NC(=S)NC(=O)C(C)Oc2ccc(Cl)cc2Cl)cc1. The van der Waals surface area contributed by atoms with Crippen LogP contribution < -0.4 is 20.7 Å². The Morgan fingerprint density at radius 3 is 2.25 bits per heavy atom. The summed E-state index contributed by atoms with van der Waals surface area (Å²) in [5.74, 6) is -0.161. The van der Waals surface area contributed by atoms with E-state index in [-0.39, 0.29) is 11.0 Å². The molecule has 0 fully saturated rings. The molecule has 2 aromatic carbocycles. The molecule has 2 rings (SSSR count). The first-order valence-electron chi connectivity index (χ1n) is 8.42. The van der Waals surface area contributed by atoms with Crippen LogP contribution in [0.25, 0.3) is 0 Å². The third-order valence-corrected chi connectivity index (χ3v) is 4.29. The molecular formula is C19H19Cl2N3O3S. The topological polar surface area (TPSA) is 79.5 Å². The summed E-state index contributed by atoms with van der Waals surface area (Å²) >= 11 is 17.0. The molecular weight excluding hydrogens is 421 g/mol. The minimum atomic E-state index is -0.829. The fourth-order valence-electron chi connectivity index (χ4n) is 2.08. The highest BCUT2D eigenvalue weighted by molar-refractivity contribution is 7.80. The van der Waals surface area contributed by atoms with Crippen LogP contribution >= 0.6 is 35.4 Å². The van der Waals surface area contributed by atoms with Gasteiger partial charge in [0.15, 0.2) is 11.2 Å².